The molecule has 0 amide bonds. The summed E-state index contributed by atoms with van der Waals surface area (Å²) < 4.78 is 5.68. The van der Waals surface area contributed by atoms with Crippen LogP contribution in [0.4, 0.5) is 0 Å². The highest BCUT2D eigenvalue weighted by molar-refractivity contribution is 4.87. The maximum Gasteiger partial charge on any atom is 0.0824 e. The van der Waals surface area contributed by atoms with Crippen molar-refractivity contribution in [3.05, 3.63) is 0 Å². The second-order valence-electron chi connectivity index (χ2n) is 5.98. The molecular formula is C14H28N2O. The minimum absolute atomic E-state index is 0.262. The second kappa shape index (κ2) is 6.17. The van der Waals surface area contributed by atoms with Gasteiger partial charge < -0.3 is 10.5 Å². The summed E-state index contributed by atoms with van der Waals surface area (Å²) in [6.07, 6.45) is 5.87. The van der Waals surface area contributed by atoms with E-state index in [0.717, 1.165) is 37.6 Å². The van der Waals surface area contributed by atoms with E-state index >= 15 is 0 Å². The molecule has 1 aliphatic heterocycles. The molecule has 0 spiro atoms. The van der Waals surface area contributed by atoms with Crippen LogP contribution in [0.25, 0.3) is 0 Å². The van der Waals surface area contributed by atoms with Gasteiger partial charge in [-0.05, 0) is 24.7 Å². The molecular weight excluding hydrogens is 212 g/mol. The van der Waals surface area contributed by atoms with E-state index in [0.29, 0.717) is 6.54 Å². The first-order valence-corrected chi connectivity index (χ1v) is 7.28. The Hall–Kier alpha value is -0.120. The first-order valence-electron chi connectivity index (χ1n) is 7.28. The van der Waals surface area contributed by atoms with Gasteiger partial charge in [0.15, 0.2) is 0 Å². The lowest BCUT2D eigenvalue weighted by molar-refractivity contribution is -0.0581. The van der Waals surface area contributed by atoms with Crippen LogP contribution < -0.4 is 5.73 Å². The van der Waals surface area contributed by atoms with Crippen LogP contribution >= 0.6 is 0 Å². The molecule has 2 aliphatic rings. The number of ether oxygens (including phenoxy) is 1. The molecule has 0 aromatic rings. The summed E-state index contributed by atoms with van der Waals surface area (Å²) in [6.45, 7) is 8.43. The third kappa shape index (κ3) is 3.21. The highest BCUT2D eigenvalue weighted by atomic mass is 16.5. The van der Waals surface area contributed by atoms with Crippen molar-refractivity contribution in [1.29, 1.82) is 0 Å². The van der Waals surface area contributed by atoms with Crippen LogP contribution in [0.5, 0.6) is 0 Å². The number of rotatable bonds is 3. The molecule has 0 aromatic heterocycles. The first kappa shape index (κ1) is 13.3. The predicted molar refractivity (Wildman–Crippen MR) is 71.0 cm³/mol. The van der Waals surface area contributed by atoms with Crippen LogP contribution in [0.2, 0.25) is 0 Å². The highest BCUT2D eigenvalue weighted by Gasteiger charge is 2.34. The van der Waals surface area contributed by atoms with E-state index in [-0.39, 0.29) is 6.10 Å². The normalized spacial score (nSPS) is 36.4. The molecule has 2 rings (SSSR count). The van der Waals surface area contributed by atoms with Gasteiger partial charge in [-0.3, -0.25) is 4.90 Å². The molecule has 3 heteroatoms. The maximum absolute atomic E-state index is 5.74. The fourth-order valence-electron chi connectivity index (χ4n) is 3.56. The average Bonchev–Trinajstić information content (AvgIpc) is 2.39. The Labute approximate surface area is 106 Å². The molecule has 1 aliphatic carbocycles. The summed E-state index contributed by atoms with van der Waals surface area (Å²) in [5, 5.41) is 0. The molecule has 17 heavy (non-hydrogen) atoms. The highest BCUT2D eigenvalue weighted by Crippen LogP contribution is 2.34. The van der Waals surface area contributed by atoms with Gasteiger partial charge in [-0.1, -0.05) is 26.7 Å². The monoisotopic (exact) mass is 240 g/mol. The molecule has 3 atom stereocenters. The fraction of sp³-hybridized carbons (Fsp3) is 1.00. The lowest BCUT2D eigenvalue weighted by Crippen LogP contribution is -2.53. The summed E-state index contributed by atoms with van der Waals surface area (Å²) in [6, 6.07) is 0.779. The van der Waals surface area contributed by atoms with Crippen LogP contribution in [0.3, 0.4) is 0 Å². The van der Waals surface area contributed by atoms with Gasteiger partial charge in [-0.25, -0.2) is 0 Å². The van der Waals surface area contributed by atoms with Gasteiger partial charge in [0, 0.05) is 25.7 Å². The summed E-state index contributed by atoms with van der Waals surface area (Å²) >= 11 is 0. The van der Waals surface area contributed by atoms with Crippen molar-refractivity contribution >= 4 is 0 Å². The number of hydrogen-bond acceptors (Lipinski definition) is 3. The van der Waals surface area contributed by atoms with E-state index in [4.69, 9.17) is 10.5 Å². The SMILES string of the molecule is CC(C)C1CCCCC1N1CCOC(CN)C1. The Balaban J connectivity index is 1.98. The zero-order chi connectivity index (χ0) is 12.3. The van der Waals surface area contributed by atoms with E-state index in [1.54, 1.807) is 0 Å². The molecule has 0 aromatic carbocycles. The van der Waals surface area contributed by atoms with Crippen molar-refractivity contribution in [3.63, 3.8) is 0 Å². The number of nitrogens with two attached hydrogens (primary N) is 1. The Kier molecular flexibility index (Phi) is 4.83. The lowest BCUT2D eigenvalue weighted by atomic mass is 9.77. The van der Waals surface area contributed by atoms with Crippen LogP contribution in [0.15, 0.2) is 0 Å². The molecule has 3 unspecified atom stereocenters. The number of hydrogen-bond donors (Lipinski definition) is 1. The van der Waals surface area contributed by atoms with Crippen LogP contribution in [0, 0.1) is 11.8 Å². The molecule has 1 saturated carbocycles. The van der Waals surface area contributed by atoms with Crippen molar-refractivity contribution in [2.45, 2.75) is 51.7 Å². The van der Waals surface area contributed by atoms with Gasteiger partial charge in [-0.15, -0.1) is 0 Å². The van der Waals surface area contributed by atoms with E-state index in [1.807, 2.05) is 0 Å². The van der Waals surface area contributed by atoms with Gasteiger partial charge in [0.25, 0.3) is 0 Å². The Morgan fingerprint density at radius 2 is 2.06 bits per heavy atom. The van der Waals surface area contributed by atoms with Gasteiger partial charge >= 0.3 is 0 Å². The summed E-state index contributed by atoms with van der Waals surface area (Å²) in [5.41, 5.74) is 5.74. The molecule has 2 N–H and O–H groups in total. The van der Waals surface area contributed by atoms with E-state index in [1.165, 1.54) is 25.7 Å². The topological polar surface area (TPSA) is 38.5 Å². The largest absolute Gasteiger partial charge is 0.374 e. The van der Waals surface area contributed by atoms with Crippen LogP contribution in [0.1, 0.15) is 39.5 Å². The van der Waals surface area contributed by atoms with Crippen LogP contribution in [-0.4, -0.2) is 43.3 Å². The van der Waals surface area contributed by atoms with Crippen LogP contribution in [-0.2, 0) is 4.74 Å². The Bertz CT molecular complexity index is 232. The standard InChI is InChI=1S/C14H28N2O/c1-11(2)13-5-3-4-6-14(13)16-7-8-17-12(9-15)10-16/h11-14H,3-10,15H2,1-2H3. The molecule has 1 saturated heterocycles. The van der Waals surface area contributed by atoms with Gasteiger partial charge in [0.05, 0.1) is 12.7 Å². The lowest BCUT2D eigenvalue weighted by Gasteiger charge is -2.45. The smallest absolute Gasteiger partial charge is 0.0824 e. The van der Waals surface area contributed by atoms with E-state index in [2.05, 4.69) is 18.7 Å². The number of nitrogens with zero attached hydrogens (tertiary/aromatic N) is 1. The predicted octanol–water partition coefficient (Wildman–Crippen LogP) is 1.86. The number of morpholine rings is 1. The van der Waals surface area contributed by atoms with Gasteiger partial charge in [0.2, 0.25) is 0 Å². The zero-order valence-corrected chi connectivity index (χ0v) is 11.4. The maximum atomic E-state index is 5.74. The Morgan fingerprint density at radius 1 is 1.29 bits per heavy atom. The Morgan fingerprint density at radius 3 is 2.76 bits per heavy atom. The van der Waals surface area contributed by atoms with Crippen molar-refractivity contribution in [1.82, 2.24) is 4.90 Å². The molecule has 0 bridgehead atoms. The second-order valence-corrected chi connectivity index (χ2v) is 5.98. The van der Waals surface area contributed by atoms with Crippen molar-refractivity contribution < 1.29 is 4.74 Å². The molecule has 100 valence electrons. The quantitative estimate of drug-likeness (QED) is 0.818. The third-order valence-corrected chi connectivity index (χ3v) is 4.54. The summed E-state index contributed by atoms with van der Waals surface area (Å²) in [4.78, 5) is 2.66. The van der Waals surface area contributed by atoms with Crippen molar-refractivity contribution in [2.75, 3.05) is 26.2 Å². The average molecular weight is 240 g/mol. The molecule has 1 heterocycles. The van der Waals surface area contributed by atoms with Crippen molar-refractivity contribution in [2.24, 2.45) is 17.6 Å². The zero-order valence-electron chi connectivity index (χ0n) is 11.4. The van der Waals surface area contributed by atoms with Gasteiger partial charge in [-0.2, -0.15) is 0 Å². The first-order chi connectivity index (χ1) is 8.22. The van der Waals surface area contributed by atoms with E-state index < -0.39 is 0 Å². The summed E-state index contributed by atoms with van der Waals surface area (Å²) in [5.74, 6) is 1.68. The minimum atomic E-state index is 0.262. The van der Waals surface area contributed by atoms with E-state index in [9.17, 15) is 0 Å². The molecule has 2 fully saturated rings. The molecule has 0 radical (unpaired) electrons. The van der Waals surface area contributed by atoms with Gasteiger partial charge in [0.1, 0.15) is 0 Å². The minimum Gasteiger partial charge on any atom is -0.374 e. The summed E-state index contributed by atoms with van der Waals surface area (Å²) in [7, 11) is 0. The fourth-order valence-corrected chi connectivity index (χ4v) is 3.56. The molecule has 3 nitrogen and oxygen atoms in total. The third-order valence-electron chi connectivity index (χ3n) is 4.54. The van der Waals surface area contributed by atoms with Crippen molar-refractivity contribution in [3.8, 4) is 0 Å².